The van der Waals surface area contributed by atoms with Crippen molar-refractivity contribution in [2.45, 2.75) is 145 Å². The normalized spacial score (nSPS) is 19.8. The van der Waals surface area contributed by atoms with Crippen LogP contribution < -0.4 is 4.74 Å². The van der Waals surface area contributed by atoms with Gasteiger partial charge in [-0.2, -0.15) is 0 Å². The topological polar surface area (TPSA) is 94.5 Å². The molecule has 0 amide bonds. The van der Waals surface area contributed by atoms with Gasteiger partial charge in [0, 0.05) is 139 Å². The summed E-state index contributed by atoms with van der Waals surface area (Å²) < 4.78 is 38.8. The number of aliphatic hydroxyl groups excluding tert-OH is 1. The third-order valence-corrected chi connectivity index (χ3v) is 40.3. The van der Waals surface area contributed by atoms with Crippen LogP contribution in [0.5, 0.6) is 11.5 Å². The molecule has 0 radical (unpaired) electrons. The number of hydrogen-bond acceptors (Lipinski definition) is 7. The van der Waals surface area contributed by atoms with E-state index in [1.165, 1.54) is 218 Å². The molecule has 8 fully saturated rings. The zero-order chi connectivity index (χ0) is 92.7. The Bertz CT molecular complexity index is 7340. The zero-order valence-electron chi connectivity index (χ0n) is 79.0. The van der Waals surface area contributed by atoms with Gasteiger partial charge in [-0.25, -0.2) is 4.79 Å². The first-order chi connectivity index (χ1) is 65.9. The van der Waals surface area contributed by atoms with Gasteiger partial charge in [0.15, 0.2) is 73.4 Å². The van der Waals surface area contributed by atoms with E-state index in [-0.39, 0.29) is 54.1 Å². The van der Waals surface area contributed by atoms with Crippen molar-refractivity contribution in [1.29, 1.82) is 0 Å². The molecule has 8 bridgehead atoms. The van der Waals surface area contributed by atoms with Gasteiger partial charge in [-0.15, -0.1) is 0 Å². The van der Waals surface area contributed by atoms with Crippen LogP contribution in [0.2, 0.25) is 0 Å². The molecule has 0 spiro atoms. The second-order valence-corrected chi connectivity index (χ2v) is 47.6. The first kappa shape index (κ1) is 91.0. The van der Waals surface area contributed by atoms with E-state index in [1.54, 1.807) is 0 Å². The van der Waals surface area contributed by atoms with Crippen LogP contribution in [0.3, 0.4) is 0 Å². The van der Waals surface area contributed by atoms with Crippen LogP contribution in [-0.2, 0) is 20.8 Å². The third kappa shape index (κ3) is 18.1. The van der Waals surface area contributed by atoms with Crippen molar-refractivity contribution in [3.63, 3.8) is 0 Å². The summed E-state index contributed by atoms with van der Waals surface area (Å²) in [6.45, 7) is 19.6. The summed E-state index contributed by atoms with van der Waals surface area (Å²) >= 11 is 1.36. The zero-order valence-corrected chi connectivity index (χ0v) is 83.1. The number of phenolic OH excluding ortho intramolecular Hbond substituents is 1. The molecule has 0 atom stereocenters. The Morgan fingerprint density at radius 1 is 0.333 bits per heavy atom. The highest BCUT2D eigenvalue weighted by atomic mass is 32.2. The Kier molecular flexibility index (Phi) is 26.6. The van der Waals surface area contributed by atoms with Gasteiger partial charge in [-0.05, 0) is 358 Å². The molecule has 2 N–H and O–H groups in total. The highest BCUT2D eigenvalue weighted by molar-refractivity contribution is 7.51. The number of carbonyl (C=O) groups is 1. The number of aliphatic hydroxyl groups is 1. The summed E-state index contributed by atoms with van der Waals surface area (Å²) in [6.07, 6.45) is 13.2. The van der Waals surface area contributed by atoms with Crippen molar-refractivity contribution in [1.82, 2.24) is 0 Å². The van der Waals surface area contributed by atoms with Gasteiger partial charge >= 0.3 is 6.16 Å². The van der Waals surface area contributed by atoms with E-state index in [2.05, 4.69) is 382 Å². The quantitative estimate of drug-likeness (QED) is 0.0757. The van der Waals surface area contributed by atoms with Crippen LogP contribution in [0.25, 0.3) is 120 Å². The lowest BCUT2D eigenvalue weighted by atomic mass is 9.50. The molecule has 0 aliphatic heterocycles. The van der Waals surface area contributed by atoms with Gasteiger partial charge < -0.3 is 29.2 Å². The largest absolute Gasteiger partial charge is 0.509 e. The summed E-state index contributed by atoms with van der Waals surface area (Å²) in [7, 11) is 0.783. The van der Waals surface area contributed by atoms with Gasteiger partial charge in [0.25, 0.3) is 0 Å². The maximum Gasteiger partial charge on any atom is 0.509 e. The molecule has 7 nitrogen and oxygen atoms in total. The number of ether oxygens (including phenoxy) is 4. The molecular weight excluding hydrogens is 1750 g/mol. The molecule has 5 aromatic heterocycles. The SMILES string of the molecule is CO.Cc1cc(-[s+]2c3ccccc3c3ccccc32)cc(C)c1COC(=O)OC1(C)C2CC3CC(C2)CC1C3.Cc1cc(-[s+]2c3ccccc3c3ccccc32)cc(C)c1O.Cc1cc(-[s+]2c3ccccc3c3ccccc32)cc(C)c1OCOC1C2CC3CC(C2)CC1C3.Cc1cccc(C)c1.c1ccc(-[s+]2c3ccccc3c3ccccc32)cc1.c1ccc2c(c1)[sH+]c1ccccc12. The van der Waals surface area contributed by atoms with Gasteiger partial charge in [0.2, 0.25) is 0 Å². The van der Waals surface area contributed by atoms with Crippen molar-refractivity contribution in [2.75, 3.05) is 13.9 Å². The minimum absolute atomic E-state index is 0.0594. The van der Waals surface area contributed by atoms with Gasteiger partial charge in [-0.3, -0.25) is 0 Å². The van der Waals surface area contributed by atoms with Crippen LogP contribution in [0.1, 0.15) is 121 Å². The van der Waals surface area contributed by atoms with Crippen LogP contribution in [-0.4, -0.2) is 42.0 Å². The molecule has 0 unspecified atom stereocenters. The maximum absolute atomic E-state index is 12.9. The second kappa shape index (κ2) is 39.5. The summed E-state index contributed by atoms with van der Waals surface area (Å²) in [4.78, 5) is 18.3. The predicted molar refractivity (Wildman–Crippen MR) is 580 cm³/mol. The van der Waals surface area contributed by atoms with Gasteiger partial charge in [0.1, 0.15) is 23.7 Å². The molecule has 8 aliphatic rings. The average molecular weight is 1870 g/mol. The molecule has 20 aromatic rings. The van der Waals surface area contributed by atoms with Gasteiger partial charge in [-0.1, -0.05) is 175 Å². The van der Waals surface area contributed by atoms with Crippen molar-refractivity contribution in [3.8, 4) is 31.1 Å². The Hall–Kier alpha value is -11.8. The minimum Gasteiger partial charge on any atom is -0.507 e. The monoisotopic (exact) mass is 1870 g/mol. The van der Waals surface area contributed by atoms with E-state index in [4.69, 9.17) is 24.1 Å². The van der Waals surface area contributed by atoms with Crippen molar-refractivity contribution >= 4 is 160 Å². The molecule has 8 saturated carbocycles. The Balaban J connectivity index is 0.000000106. The molecule has 15 aromatic carbocycles. The number of aryl methyl sites for hydroxylation is 8. The second-order valence-electron chi connectivity index (χ2n) is 38.6. The van der Waals surface area contributed by atoms with Crippen molar-refractivity contribution in [3.05, 3.63) is 384 Å². The van der Waals surface area contributed by atoms with E-state index >= 15 is 0 Å². The fourth-order valence-electron chi connectivity index (χ4n) is 24.1. The van der Waals surface area contributed by atoms with Crippen LogP contribution in [0, 0.1) is 103 Å². The summed E-state index contributed by atoms with van der Waals surface area (Å²) in [6, 6.07) is 120. The van der Waals surface area contributed by atoms with E-state index < -0.39 is 6.16 Å². The number of aromatic hydroxyl groups is 1. The number of fused-ring (bicyclic) bond motifs is 15. The number of phenols is 1. The van der Waals surface area contributed by atoms with Crippen molar-refractivity contribution < 1.29 is 34.0 Å². The Morgan fingerprint density at radius 2 is 0.630 bits per heavy atom. The molecule has 680 valence electrons. The van der Waals surface area contributed by atoms with E-state index in [9.17, 15) is 9.90 Å². The lowest BCUT2D eigenvalue weighted by Gasteiger charge is -2.58. The maximum atomic E-state index is 12.9. The molecule has 5 heterocycles. The number of benzene rings is 15. The molecular formula is C123H121O7S5+5. The first-order valence-electron chi connectivity index (χ1n) is 48.2. The number of rotatable bonds is 11. The smallest absolute Gasteiger partial charge is 0.507 e. The Labute approximate surface area is 808 Å². The van der Waals surface area contributed by atoms with Crippen LogP contribution >= 0.6 is 53.2 Å². The number of thiophene rings is 5. The van der Waals surface area contributed by atoms with Gasteiger partial charge in [0.05, 0.1) is 6.10 Å². The standard InChI is InChI=1S/C33H35O3S.C31H33O2S.C20H16OS.C18H13S.C12H8S.C8H10.CH4O/c1-20-12-26(37-30-10-6-4-8-27(30)28-9-5-7-11-31(28)37)13-21(2)29(20)19-35-32(34)36-33(3)24-15-22-14-23(17-24)18-25(33)16-22;1-19-11-25(34-28-9-5-3-7-26(28)27-8-4-6-10-29(27)34)12-20(2)30(19)32-18-33-31-23-14-21-13-22(16-23)17-24(31)15-21;1-13-11-15(12-14(2)20(13)21)22-18-9-5-3-7-16(18)17-8-4-6-10-19(17)22;1-2-8-14(9-3-1)19-17-12-6-4-10-15(17)16-11-5-7-13-18(16)19;1-3-7-11-9(5-1)10-6-2-4-8-12(10)13-11;1-7-4-3-5-8(2)6-7;1-2/h4-13,22-25H,14-19H2,1-3H3;3-12,21-24,31H,13-18H2,1-2H3;3-12H,1-2H3;1-13H;1-8H;3-6H,1-2H3;2H,1H3/q2*+1;;+1;;;/p+2. The molecule has 0 saturated heterocycles. The first-order valence-corrected chi connectivity index (χ1v) is 54.0. The highest BCUT2D eigenvalue weighted by Crippen LogP contribution is 2.61. The molecule has 8 aliphatic carbocycles. The van der Waals surface area contributed by atoms with Crippen molar-refractivity contribution in [2.24, 2.45) is 47.3 Å². The third-order valence-electron chi connectivity index (χ3n) is 29.8. The Morgan fingerprint density at radius 3 is 0.970 bits per heavy atom. The highest BCUT2D eigenvalue weighted by Gasteiger charge is 2.57. The predicted octanol–water partition coefficient (Wildman–Crippen LogP) is 35.2. The van der Waals surface area contributed by atoms with Crippen LogP contribution in [0.4, 0.5) is 4.79 Å². The minimum atomic E-state index is -0.502. The summed E-state index contributed by atoms with van der Waals surface area (Å²) in [5.74, 6) is 7.59. The summed E-state index contributed by atoms with van der Waals surface area (Å²) in [5.41, 5.74) is 10.0. The number of hydrogen-bond donors (Lipinski definition) is 2. The fourth-order valence-corrected chi connectivity index (χ4v) is 35.3. The average Bonchev–Trinajstić information content (AvgIpc) is 1.67. The molecule has 135 heavy (non-hydrogen) atoms. The van der Waals surface area contributed by atoms with E-state index in [0.29, 0.717) is 30.5 Å². The molecule has 12 heteroatoms. The lowest BCUT2D eigenvalue weighted by molar-refractivity contribution is -0.174. The van der Waals surface area contributed by atoms with E-state index in [1.807, 2.05) is 13.8 Å². The summed E-state index contributed by atoms with van der Waals surface area (Å²) in [5, 5.41) is 30.8. The fraction of sp³-hybridized carbons (Fsp3) is 0.260. The van der Waals surface area contributed by atoms with E-state index in [0.717, 1.165) is 76.2 Å². The number of carbonyl (C=O) groups excluding carboxylic acids is 1. The van der Waals surface area contributed by atoms with Crippen LogP contribution in [0.15, 0.2) is 334 Å². The molecule has 28 rings (SSSR count). The lowest BCUT2D eigenvalue weighted by Crippen LogP contribution is -2.58.